The molecule has 0 unspecified atom stereocenters. The van der Waals surface area contributed by atoms with Crippen molar-refractivity contribution < 1.29 is 9.53 Å². The average molecular weight is 479 g/mol. The van der Waals surface area contributed by atoms with Crippen LogP contribution >= 0.6 is 0 Å². The van der Waals surface area contributed by atoms with Crippen molar-refractivity contribution in [3.63, 3.8) is 0 Å². The minimum absolute atomic E-state index is 0.0166. The SMILES string of the molecule is CCCCN(C)C1(c2ccccc2)CCC2(CC1)CN(c1cnc(N3CCOCC3)nc1)C(=O)N2. The molecule has 1 saturated carbocycles. The molecule has 2 saturated heterocycles. The Morgan fingerprint density at radius 2 is 1.74 bits per heavy atom. The summed E-state index contributed by atoms with van der Waals surface area (Å²) < 4.78 is 5.42. The number of urea groups is 1. The number of nitrogens with one attached hydrogen (secondary N) is 1. The first-order chi connectivity index (χ1) is 17.1. The summed E-state index contributed by atoms with van der Waals surface area (Å²) in [5, 5.41) is 3.35. The summed E-state index contributed by atoms with van der Waals surface area (Å²) in [6, 6.07) is 10.9. The lowest BCUT2D eigenvalue weighted by atomic mass is 9.68. The molecule has 2 amide bonds. The van der Waals surface area contributed by atoms with E-state index in [4.69, 9.17) is 4.74 Å². The van der Waals surface area contributed by atoms with Gasteiger partial charge in [-0.2, -0.15) is 0 Å². The number of ether oxygens (including phenoxy) is 1. The molecule has 1 spiro atoms. The number of anilines is 2. The molecule has 0 radical (unpaired) electrons. The second-order valence-corrected chi connectivity index (χ2v) is 10.3. The monoisotopic (exact) mass is 478 g/mol. The van der Waals surface area contributed by atoms with E-state index in [1.165, 1.54) is 18.4 Å². The van der Waals surface area contributed by atoms with Crippen molar-refractivity contribution in [3.05, 3.63) is 48.3 Å². The first-order valence-corrected chi connectivity index (χ1v) is 13.1. The van der Waals surface area contributed by atoms with E-state index < -0.39 is 0 Å². The number of carbonyl (C=O) groups is 1. The van der Waals surface area contributed by atoms with Crippen molar-refractivity contribution in [2.75, 3.05) is 56.2 Å². The quantitative estimate of drug-likeness (QED) is 0.653. The molecular formula is C27H38N6O2. The third-order valence-corrected chi connectivity index (χ3v) is 8.23. The summed E-state index contributed by atoms with van der Waals surface area (Å²) in [6.45, 7) is 6.98. The minimum atomic E-state index is -0.205. The van der Waals surface area contributed by atoms with Gasteiger partial charge in [-0.25, -0.2) is 14.8 Å². The first kappa shape index (κ1) is 24.0. The minimum Gasteiger partial charge on any atom is -0.378 e. The molecule has 3 fully saturated rings. The van der Waals surface area contributed by atoms with Gasteiger partial charge in [0.25, 0.3) is 0 Å². The summed E-state index contributed by atoms with van der Waals surface area (Å²) >= 11 is 0. The second-order valence-electron chi connectivity index (χ2n) is 10.3. The normalized spacial score (nSPS) is 27.0. The third-order valence-electron chi connectivity index (χ3n) is 8.23. The lowest BCUT2D eigenvalue weighted by Crippen LogP contribution is -2.55. The van der Waals surface area contributed by atoms with Gasteiger partial charge in [-0.1, -0.05) is 43.7 Å². The van der Waals surface area contributed by atoms with Gasteiger partial charge in [0, 0.05) is 18.6 Å². The van der Waals surface area contributed by atoms with Gasteiger partial charge in [-0.05, 0) is 51.3 Å². The van der Waals surface area contributed by atoms with Crippen molar-refractivity contribution in [1.82, 2.24) is 20.2 Å². The van der Waals surface area contributed by atoms with Crippen LogP contribution in [0.15, 0.2) is 42.7 Å². The topological polar surface area (TPSA) is 73.8 Å². The van der Waals surface area contributed by atoms with Gasteiger partial charge in [0.1, 0.15) is 0 Å². The number of morpholine rings is 1. The summed E-state index contributed by atoms with van der Waals surface area (Å²) in [5.74, 6) is 0.701. The van der Waals surface area contributed by atoms with E-state index in [-0.39, 0.29) is 17.1 Å². The number of amides is 2. The molecule has 35 heavy (non-hydrogen) atoms. The largest absolute Gasteiger partial charge is 0.378 e. The molecule has 0 bridgehead atoms. The number of unbranched alkanes of at least 4 members (excludes halogenated alkanes) is 1. The highest BCUT2D eigenvalue weighted by Gasteiger charge is 2.50. The Bertz CT molecular complexity index is 984. The zero-order valence-electron chi connectivity index (χ0n) is 21.1. The van der Waals surface area contributed by atoms with Crippen molar-refractivity contribution in [1.29, 1.82) is 0 Å². The molecule has 3 heterocycles. The number of hydrogen-bond acceptors (Lipinski definition) is 6. The van der Waals surface area contributed by atoms with Crippen LogP contribution in [0.1, 0.15) is 51.0 Å². The molecule has 2 aromatic rings. The Morgan fingerprint density at radius 1 is 1.06 bits per heavy atom. The van der Waals surface area contributed by atoms with Gasteiger partial charge in [0.05, 0.1) is 43.4 Å². The van der Waals surface area contributed by atoms with Crippen LogP contribution in [0.3, 0.4) is 0 Å². The zero-order chi connectivity index (χ0) is 24.3. The summed E-state index contributed by atoms with van der Waals surface area (Å²) in [4.78, 5) is 28.7. The Morgan fingerprint density at radius 3 is 2.40 bits per heavy atom. The van der Waals surface area contributed by atoms with Crippen LogP contribution in [0.25, 0.3) is 0 Å². The van der Waals surface area contributed by atoms with Crippen molar-refractivity contribution >= 4 is 17.7 Å². The molecule has 3 aliphatic rings. The number of aromatic nitrogens is 2. The fourth-order valence-electron chi connectivity index (χ4n) is 5.97. The highest BCUT2D eigenvalue weighted by molar-refractivity contribution is 5.95. The highest BCUT2D eigenvalue weighted by Crippen LogP contribution is 2.46. The number of nitrogens with zero attached hydrogens (tertiary/aromatic N) is 5. The Labute approximate surface area is 208 Å². The Hall–Kier alpha value is -2.71. The second kappa shape index (κ2) is 10.1. The van der Waals surface area contributed by atoms with Crippen LogP contribution in [-0.2, 0) is 10.3 Å². The predicted octanol–water partition coefficient (Wildman–Crippen LogP) is 3.78. The Kier molecular flexibility index (Phi) is 6.93. The smallest absolute Gasteiger partial charge is 0.322 e. The van der Waals surface area contributed by atoms with Crippen molar-refractivity contribution in [2.24, 2.45) is 0 Å². The van der Waals surface area contributed by atoms with Gasteiger partial charge in [-0.15, -0.1) is 0 Å². The molecule has 8 heteroatoms. The zero-order valence-corrected chi connectivity index (χ0v) is 21.1. The lowest BCUT2D eigenvalue weighted by molar-refractivity contribution is 0.0444. The fraction of sp³-hybridized carbons (Fsp3) is 0.593. The van der Waals surface area contributed by atoms with E-state index in [0.29, 0.717) is 25.7 Å². The number of hydrogen-bond donors (Lipinski definition) is 1. The number of carbonyl (C=O) groups excluding carboxylic acids is 1. The van der Waals surface area contributed by atoms with Crippen LogP contribution in [0.5, 0.6) is 0 Å². The summed E-state index contributed by atoms with van der Waals surface area (Å²) in [7, 11) is 2.27. The van der Waals surface area contributed by atoms with E-state index in [9.17, 15) is 4.79 Å². The molecule has 0 atom stereocenters. The van der Waals surface area contributed by atoms with Crippen LogP contribution in [0.4, 0.5) is 16.4 Å². The molecule has 1 aromatic heterocycles. The van der Waals surface area contributed by atoms with E-state index in [1.54, 1.807) is 12.4 Å². The van der Waals surface area contributed by atoms with E-state index in [0.717, 1.165) is 51.0 Å². The van der Waals surface area contributed by atoms with Crippen LogP contribution < -0.4 is 15.1 Å². The molecule has 8 nitrogen and oxygen atoms in total. The molecular weight excluding hydrogens is 440 g/mol. The van der Waals surface area contributed by atoms with Crippen molar-refractivity contribution in [3.8, 4) is 0 Å². The van der Waals surface area contributed by atoms with Crippen LogP contribution in [0.2, 0.25) is 0 Å². The maximum absolute atomic E-state index is 13.1. The predicted molar refractivity (Wildman–Crippen MR) is 138 cm³/mol. The number of rotatable bonds is 7. The van der Waals surface area contributed by atoms with Crippen LogP contribution in [-0.4, -0.2) is 72.9 Å². The number of benzene rings is 1. The van der Waals surface area contributed by atoms with Gasteiger partial charge in [-0.3, -0.25) is 9.80 Å². The maximum atomic E-state index is 13.1. The molecule has 1 N–H and O–H groups in total. The van der Waals surface area contributed by atoms with Gasteiger partial charge in [0.15, 0.2) is 0 Å². The first-order valence-electron chi connectivity index (χ1n) is 13.1. The maximum Gasteiger partial charge on any atom is 0.322 e. The van der Waals surface area contributed by atoms with Crippen molar-refractivity contribution in [2.45, 2.75) is 56.5 Å². The molecule has 1 aliphatic carbocycles. The summed E-state index contributed by atoms with van der Waals surface area (Å²) in [6.07, 6.45) is 9.91. The third kappa shape index (κ3) is 4.74. The summed E-state index contributed by atoms with van der Waals surface area (Å²) in [5.41, 5.74) is 1.96. The van der Waals surface area contributed by atoms with Gasteiger partial charge in [0.2, 0.25) is 5.95 Å². The Balaban J connectivity index is 1.30. The standard InChI is InChI=1S/C27H38N6O2/c1-3-4-14-31(2)27(22-8-6-5-7-9-22)12-10-26(11-13-27)21-33(25(34)30-26)23-19-28-24(29-20-23)32-15-17-35-18-16-32/h5-9,19-20H,3-4,10-18,21H2,1-2H3,(H,30,34). The van der Waals surface area contributed by atoms with Gasteiger partial charge >= 0.3 is 6.03 Å². The molecule has 2 aliphatic heterocycles. The fourth-order valence-corrected chi connectivity index (χ4v) is 5.97. The average Bonchev–Trinajstić information content (AvgIpc) is 3.24. The highest BCUT2D eigenvalue weighted by atomic mass is 16.5. The van der Waals surface area contributed by atoms with E-state index in [1.807, 2.05) is 4.90 Å². The van der Waals surface area contributed by atoms with Crippen LogP contribution in [0, 0.1) is 0 Å². The van der Waals surface area contributed by atoms with E-state index in [2.05, 4.69) is 69.4 Å². The molecule has 188 valence electrons. The van der Waals surface area contributed by atoms with Gasteiger partial charge < -0.3 is 15.0 Å². The lowest BCUT2D eigenvalue weighted by Gasteiger charge is -2.50. The molecule has 1 aromatic carbocycles. The van der Waals surface area contributed by atoms with E-state index >= 15 is 0 Å². The molecule has 5 rings (SSSR count).